The normalized spacial score (nSPS) is 12.6. The summed E-state index contributed by atoms with van der Waals surface area (Å²) in [7, 11) is -3.02. The number of aliphatic hydroxyl groups excluding tert-OH is 1. The molecule has 0 unspecified atom stereocenters. The molecule has 1 aromatic carbocycles. The van der Waals surface area contributed by atoms with Gasteiger partial charge in [0.1, 0.15) is 5.82 Å². The Labute approximate surface area is 91.5 Å². The van der Waals surface area contributed by atoms with Crippen LogP contribution < -0.4 is 0 Å². The van der Waals surface area contributed by atoms with Crippen LogP contribution in [0.25, 0.3) is 0 Å². The molecule has 0 fully saturated rings. The van der Waals surface area contributed by atoms with Crippen LogP contribution in [0.4, 0.5) is 8.78 Å². The maximum atomic E-state index is 12.8. The molecule has 4 nitrogen and oxygen atoms in total. The van der Waals surface area contributed by atoms with Crippen LogP contribution >= 0.6 is 0 Å². The lowest BCUT2D eigenvalue weighted by molar-refractivity contribution is 0.273. The van der Waals surface area contributed by atoms with Crippen LogP contribution in [-0.4, -0.2) is 24.9 Å². The van der Waals surface area contributed by atoms with Crippen LogP contribution in [0.1, 0.15) is 0 Å². The molecule has 0 saturated heterocycles. The molecular weight excluding hydrogens is 240 g/mol. The predicted octanol–water partition coefficient (Wildman–Crippen LogP) is 1.77. The van der Waals surface area contributed by atoms with Crippen molar-refractivity contribution in [1.82, 2.24) is 4.31 Å². The van der Waals surface area contributed by atoms with E-state index in [0.717, 1.165) is 25.2 Å². The van der Waals surface area contributed by atoms with Crippen LogP contribution in [0.2, 0.25) is 0 Å². The van der Waals surface area contributed by atoms with Crippen molar-refractivity contribution < 1.29 is 22.3 Å². The van der Waals surface area contributed by atoms with E-state index < -0.39 is 21.9 Å². The zero-order valence-electron chi connectivity index (χ0n) is 8.26. The molecule has 0 radical (unpaired) electrons. The van der Waals surface area contributed by atoms with Gasteiger partial charge < -0.3 is 5.11 Å². The second-order valence-electron chi connectivity index (χ2n) is 2.93. The highest BCUT2D eigenvalue weighted by Gasteiger charge is 2.19. The second kappa shape index (κ2) is 4.48. The van der Waals surface area contributed by atoms with Gasteiger partial charge in [0.15, 0.2) is 0 Å². The molecule has 1 aromatic rings. The SMILES string of the molecule is CN(/C=C(/O)F)S(=O)(=O)c1cccc(F)c1. The van der Waals surface area contributed by atoms with Crippen molar-refractivity contribution in [1.29, 1.82) is 0 Å². The van der Waals surface area contributed by atoms with Crippen molar-refractivity contribution >= 4 is 10.0 Å². The minimum absolute atomic E-state index is 0.326. The average molecular weight is 249 g/mol. The van der Waals surface area contributed by atoms with Gasteiger partial charge in [0.2, 0.25) is 0 Å². The quantitative estimate of drug-likeness (QED) is 0.830. The molecule has 7 heteroatoms. The van der Waals surface area contributed by atoms with Gasteiger partial charge in [-0.3, -0.25) is 4.31 Å². The molecule has 1 rings (SSSR count). The molecule has 0 aliphatic carbocycles. The van der Waals surface area contributed by atoms with Crippen molar-refractivity contribution in [3.8, 4) is 0 Å². The number of rotatable bonds is 3. The number of aliphatic hydroxyl groups is 1. The molecule has 0 aliphatic rings. The second-order valence-corrected chi connectivity index (χ2v) is 4.93. The van der Waals surface area contributed by atoms with Crippen LogP contribution in [-0.2, 0) is 10.0 Å². The van der Waals surface area contributed by atoms with Crippen molar-refractivity contribution in [2.45, 2.75) is 4.90 Å². The van der Waals surface area contributed by atoms with Crippen molar-refractivity contribution in [2.24, 2.45) is 0 Å². The monoisotopic (exact) mass is 249 g/mol. The van der Waals surface area contributed by atoms with E-state index in [-0.39, 0.29) is 4.90 Å². The molecule has 0 spiro atoms. The van der Waals surface area contributed by atoms with Gasteiger partial charge in [-0.15, -0.1) is 0 Å². The van der Waals surface area contributed by atoms with Gasteiger partial charge in [0.25, 0.3) is 16.0 Å². The Kier molecular flexibility index (Phi) is 3.48. The van der Waals surface area contributed by atoms with E-state index >= 15 is 0 Å². The van der Waals surface area contributed by atoms with Gasteiger partial charge in [-0.2, -0.15) is 4.39 Å². The highest BCUT2D eigenvalue weighted by atomic mass is 32.2. The zero-order valence-corrected chi connectivity index (χ0v) is 9.08. The summed E-state index contributed by atoms with van der Waals surface area (Å²) in [5.41, 5.74) is 0. The number of benzene rings is 1. The van der Waals surface area contributed by atoms with Crippen LogP contribution in [0.15, 0.2) is 41.4 Å². The Morgan fingerprint density at radius 2 is 2.12 bits per heavy atom. The third-order valence-electron chi connectivity index (χ3n) is 1.76. The lowest BCUT2D eigenvalue weighted by Gasteiger charge is -2.14. The van der Waals surface area contributed by atoms with Gasteiger partial charge in [-0.1, -0.05) is 6.07 Å². The molecular formula is C9H9F2NO3S. The first-order valence-electron chi connectivity index (χ1n) is 4.14. The minimum atomic E-state index is -4.04. The molecule has 0 aliphatic heterocycles. The van der Waals surface area contributed by atoms with E-state index in [1.165, 1.54) is 6.07 Å². The van der Waals surface area contributed by atoms with Crippen LogP contribution in [0.5, 0.6) is 0 Å². The Balaban J connectivity index is 3.17. The summed E-state index contributed by atoms with van der Waals surface area (Å²) in [5, 5.41) is 8.30. The molecule has 88 valence electrons. The summed E-state index contributed by atoms with van der Waals surface area (Å²) in [6, 6.07) is 2.62. The van der Waals surface area contributed by atoms with E-state index in [2.05, 4.69) is 0 Å². The Hall–Kier alpha value is -1.63. The van der Waals surface area contributed by atoms with Gasteiger partial charge in [-0.05, 0) is 18.2 Å². The first-order chi connectivity index (χ1) is 7.34. The summed E-state index contributed by atoms with van der Waals surface area (Å²) < 4.78 is 48.7. The minimum Gasteiger partial charge on any atom is -0.485 e. The van der Waals surface area contributed by atoms with Gasteiger partial charge in [-0.25, -0.2) is 12.8 Å². The average Bonchev–Trinajstić information content (AvgIpc) is 2.16. The van der Waals surface area contributed by atoms with Crippen molar-refractivity contribution in [2.75, 3.05) is 7.05 Å². The van der Waals surface area contributed by atoms with E-state index in [4.69, 9.17) is 5.11 Å². The smallest absolute Gasteiger partial charge is 0.287 e. The highest BCUT2D eigenvalue weighted by molar-refractivity contribution is 7.89. The summed E-state index contributed by atoms with van der Waals surface area (Å²) in [6.07, 6.45) is 0.375. The Morgan fingerprint density at radius 1 is 1.50 bits per heavy atom. The fourth-order valence-corrected chi connectivity index (χ4v) is 2.08. The number of hydrogen-bond donors (Lipinski definition) is 1. The highest BCUT2D eigenvalue weighted by Crippen LogP contribution is 2.16. The molecule has 0 amide bonds. The standard InChI is InChI=1S/C9H9F2NO3S/c1-12(6-9(11)13)16(14,15)8-4-2-3-7(10)5-8/h2-6,13H,1H3/b9-6+. The van der Waals surface area contributed by atoms with Gasteiger partial charge in [0.05, 0.1) is 11.1 Å². The molecule has 1 N–H and O–H groups in total. The summed E-state index contributed by atoms with van der Waals surface area (Å²) in [4.78, 5) is -0.326. The molecule has 0 bridgehead atoms. The first-order valence-corrected chi connectivity index (χ1v) is 5.58. The van der Waals surface area contributed by atoms with Crippen LogP contribution in [0, 0.1) is 5.82 Å². The number of nitrogens with zero attached hydrogens (tertiary/aromatic N) is 1. The van der Waals surface area contributed by atoms with Crippen LogP contribution in [0.3, 0.4) is 0 Å². The third kappa shape index (κ3) is 2.69. The van der Waals surface area contributed by atoms with Gasteiger partial charge >= 0.3 is 0 Å². The van der Waals surface area contributed by atoms with Crippen molar-refractivity contribution in [3.05, 3.63) is 42.3 Å². The Bertz CT molecular complexity index is 509. The fourth-order valence-electron chi connectivity index (χ4n) is 1.01. The molecule has 0 aromatic heterocycles. The largest absolute Gasteiger partial charge is 0.485 e. The molecule has 0 heterocycles. The number of halogens is 2. The number of hydrogen-bond acceptors (Lipinski definition) is 3. The molecule has 16 heavy (non-hydrogen) atoms. The van der Waals surface area contributed by atoms with E-state index in [9.17, 15) is 17.2 Å². The maximum absolute atomic E-state index is 12.8. The lowest BCUT2D eigenvalue weighted by atomic mass is 10.4. The third-order valence-corrected chi connectivity index (χ3v) is 3.47. The van der Waals surface area contributed by atoms with E-state index in [0.29, 0.717) is 10.5 Å². The molecule has 0 atom stereocenters. The summed E-state index contributed by atoms with van der Waals surface area (Å²) >= 11 is 0. The number of sulfonamides is 1. The van der Waals surface area contributed by atoms with Gasteiger partial charge in [0, 0.05) is 7.05 Å². The first kappa shape index (κ1) is 12.4. The topological polar surface area (TPSA) is 57.6 Å². The summed E-state index contributed by atoms with van der Waals surface area (Å²) in [6.45, 7) is 0. The fraction of sp³-hybridized carbons (Fsp3) is 0.111. The summed E-state index contributed by atoms with van der Waals surface area (Å²) in [5.74, 6) is -0.720. The van der Waals surface area contributed by atoms with E-state index in [1.54, 1.807) is 0 Å². The van der Waals surface area contributed by atoms with Crippen molar-refractivity contribution in [3.63, 3.8) is 0 Å². The van der Waals surface area contributed by atoms with E-state index in [1.807, 2.05) is 0 Å². The maximum Gasteiger partial charge on any atom is 0.287 e. The predicted molar refractivity (Wildman–Crippen MR) is 53.2 cm³/mol. The Morgan fingerprint density at radius 3 is 2.62 bits per heavy atom. The molecule has 0 saturated carbocycles. The zero-order chi connectivity index (χ0) is 12.3. The lowest BCUT2D eigenvalue weighted by Crippen LogP contribution is -2.22.